The zero-order valence-electron chi connectivity index (χ0n) is 12.7. The molecule has 0 saturated heterocycles. The molecule has 2 aromatic rings. The van der Waals surface area contributed by atoms with Gasteiger partial charge in [-0.25, -0.2) is 4.39 Å². The van der Waals surface area contributed by atoms with Crippen LogP contribution in [0.5, 0.6) is 0 Å². The highest BCUT2D eigenvalue weighted by Gasteiger charge is 2.33. The van der Waals surface area contributed by atoms with Gasteiger partial charge in [0, 0.05) is 5.75 Å². The second-order valence-corrected chi connectivity index (χ2v) is 6.44. The Labute approximate surface area is 141 Å². The molecule has 0 saturated carbocycles. The number of rotatable bonds is 5. The molecule has 0 aliphatic rings. The first kappa shape index (κ1) is 18.3. The number of benzene rings is 2. The van der Waals surface area contributed by atoms with Gasteiger partial charge in [0.15, 0.2) is 0 Å². The van der Waals surface area contributed by atoms with Gasteiger partial charge in [0.1, 0.15) is 5.82 Å². The molecule has 0 fully saturated rings. The molecule has 128 valence electrons. The number of carbonyl (C=O) groups excluding carboxylic acids is 1. The van der Waals surface area contributed by atoms with E-state index in [4.69, 9.17) is 0 Å². The molecule has 0 bridgehead atoms. The van der Waals surface area contributed by atoms with E-state index >= 15 is 0 Å². The van der Waals surface area contributed by atoms with E-state index in [1.165, 1.54) is 42.1 Å². The lowest BCUT2D eigenvalue weighted by Gasteiger charge is -2.16. The summed E-state index contributed by atoms with van der Waals surface area (Å²) in [7, 11) is 0. The van der Waals surface area contributed by atoms with Crippen molar-refractivity contribution in [3.05, 3.63) is 65.5 Å². The molecule has 2 nitrogen and oxygen atoms in total. The van der Waals surface area contributed by atoms with Gasteiger partial charge < -0.3 is 5.32 Å². The quantitative estimate of drug-likeness (QED) is 0.754. The first-order valence-corrected chi connectivity index (χ1v) is 8.15. The van der Waals surface area contributed by atoms with Gasteiger partial charge in [-0.2, -0.15) is 13.2 Å². The Balaban J connectivity index is 1.98. The SMILES string of the molecule is CC(SCc1ccc(F)cc1)C(=O)Nc1ccccc1C(F)(F)F. The highest BCUT2D eigenvalue weighted by molar-refractivity contribution is 7.99. The second kappa shape index (κ2) is 7.70. The number of anilines is 1. The van der Waals surface area contributed by atoms with Crippen LogP contribution >= 0.6 is 11.8 Å². The number of hydrogen-bond donors (Lipinski definition) is 1. The van der Waals surface area contributed by atoms with Crippen molar-refractivity contribution in [2.45, 2.75) is 24.1 Å². The molecule has 24 heavy (non-hydrogen) atoms. The van der Waals surface area contributed by atoms with E-state index in [9.17, 15) is 22.4 Å². The van der Waals surface area contributed by atoms with Gasteiger partial charge >= 0.3 is 6.18 Å². The molecule has 2 rings (SSSR count). The van der Waals surface area contributed by atoms with Crippen molar-refractivity contribution in [2.75, 3.05) is 5.32 Å². The smallest absolute Gasteiger partial charge is 0.325 e. The van der Waals surface area contributed by atoms with E-state index in [2.05, 4.69) is 5.32 Å². The van der Waals surface area contributed by atoms with Gasteiger partial charge in [0.25, 0.3) is 0 Å². The van der Waals surface area contributed by atoms with Crippen LogP contribution in [-0.4, -0.2) is 11.2 Å². The van der Waals surface area contributed by atoms with E-state index in [-0.39, 0.29) is 11.5 Å². The lowest BCUT2D eigenvalue weighted by molar-refractivity contribution is -0.137. The summed E-state index contributed by atoms with van der Waals surface area (Å²) in [5.41, 5.74) is -0.310. The number of nitrogens with one attached hydrogen (secondary N) is 1. The number of hydrogen-bond acceptors (Lipinski definition) is 2. The Morgan fingerprint density at radius 1 is 1.12 bits per heavy atom. The monoisotopic (exact) mass is 357 g/mol. The third-order valence-electron chi connectivity index (χ3n) is 3.27. The third kappa shape index (κ3) is 4.99. The number of alkyl halides is 3. The second-order valence-electron chi connectivity index (χ2n) is 5.11. The van der Waals surface area contributed by atoms with E-state index in [0.717, 1.165) is 11.6 Å². The van der Waals surface area contributed by atoms with Crippen molar-refractivity contribution in [1.29, 1.82) is 0 Å². The minimum absolute atomic E-state index is 0.260. The first-order valence-electron chi connectivity index (χ1n) is 7.10. The van der Waals surface area contributed by atoms with Crippen LogP contribution in [0.2, 0.25) is 0 Å². The fourth-order valence-electron chi connectivity index (χ4n) is 1.95. The van der Waals surface area contributed by atoms with E-state index in [1.54, 1.807) is 19.1 Å². The molecule has 2 aromatic carbocycles. The van der Waals surface area contributed by atoms with Gasteiger partial charge in [-0.05, 0) is 36.8 Å². The van der Waals surface area contributed by atoms with E-state index in [0.29, 0.717) is 5.75 Å². The molecule has 0 radical (unpaired) electrons. The average Bonchev–Trinajstić information content (AvgIpc) is 2.53. The molecule has 0 aliphatic carbocycles. The van der Waals surface area contributed by atoms with Crippen molar-refractivity contribution < 1.29 is 22.4 Å². The highest BCUT2D eigenvalue weighted by atomic mass is 32.2. The molecule has 0 heterocycles. The Bertz CT molecular complexity index is 700. The molecule has 0 aromatic heterocycles. The minimum atomic E-state index is -4.53. The molecule has 1 atom stereocenters. The summed E-state index contributed by atoms with van der Waals surface area (Å²) in [6.45, 7) is 1.61. The van der Waals surface area contributed by atoms with Crippen LogP contribution in [0.15, 0.2) is 48.5 Å². The van der Waals surface area contributed by atoms with E-state index < -0.39 is 22.9 Å². The Hall–Kier alpha value is -2.02. The van der Waals surface area contributed by atoms with Crippen molar-refractivity contribution in [2.24, 2.45) is 0 Å². The summed E-state index contributed by atoms with van der Waals surface area (Å²) in [5, 5.41) is 1.76. The zero-order chi connectivity index (χ0) is 17.7. The van der Waals surface area contributed by atoms with Gasteiger partial charge in [-0.1, -0.05) is 24.3 Å². The van der Waals surface area contributed by atoms with Gasteiger partial charge in [0.2, 0.25) is 5.91 Å². The van der Waals surface area contributed by atoms with Crippen molar-refractivity contribution in [3.63, 3.8) is 0 Å². The topological polar surface area (TPSA) is 29.1 Å². The fraction of sp³-hybridized carbons (Fsp3) is 0.235. The number of carbonyl (C=O) groups is 1. The molecular weight excluding hydrogens is 342 g/mol. The van der Waals surface area contributed by atoms with Crippen LogP contribution in [-0.2, 0) is 16.7 Å². The summed E-state index contributed by atoms with van der Waals surface area (Å²) < 4.78 is 51.6. The molecule has 1 N–H and O–H groups in total. The standard InChI is InChI=1S/C17H15F4NOS/c1-11(24-10-12-6-8-13(18)9-7-12)16(23)22-15-5-3-2-4-14(15)17(19,20)21/h2-9,11H,10H2,1H3,(H,22,23). The van der Waals surface area contributed by atoms with Crippen molar-refractivity contribution in [3.8, 4) is 0 Å². The Morgan fingerprint density at radius 3 is 2.38 bits per heavy atom. The van der Waals surface area contributed by atoms with Crippen LogP contribution in [0.25, 0.3) is 0 Å². The maximum absolute atomic E-state index is 12.9. The average molecular weight is 357 g/mol. The van der Waals surface area contributed by atoms with Gasteiger partial charge in [0.05, 0.1) is 16.5 Å². The predicted octanol–water partition coefficient (Wildman–Crippen LogP) is 5.10. The lowest BCUT2D eigenvalue weighted by atomic mass is 10.1. The summed E-state index contributed by atoms with van der Waals surface area (Å²) in [6.07, 6.45) is -4.53. The molecule has 0 aliphatic heterocycles. The zero-order valence-corrected chi connectivity index (χ0v) is 13.5. The molecule has 1 unspecified atom stereocenters. The maximum atomic E-state index is 12.9. The predicted molar refractivity (Wildman–Crippen MR) is 87.2 cm³/mol. The molecule has 1 amide bonds. The van der Waals surface area contributed by atoms with Crippen LogP contribution in [0.4, 0.5) is 23.2 Å². The number of amides is 1. The van der Waals surface area contributed by atoms with Gasteiger partial charge in [-0.15, -0.1) is 11.8 Å². The number of para-hydroxylation sites is 1. The van der Waals surface area contributed by atoms with Crippen LogP contribution in [0.3, 0.4) is 0 Å². The Kier molecular flexibility index (Phi) is 5.88. The summed E-state index contributed by atoms with van der Waals surface area (Å²) in [6, 6.07) is 10.7. The van der Waals surface area contributed by atoms with Crippen molar-refractivity contribution in [1.82, 2.24) is 0 Å². The first-order chi connectivity index (χ1) is 11.3. The molecular formula is C17H15F4NOS. The van der Waals surface area contributed by atoms with Crippen LogP contribution < -0.4 is 5.32 Å². The summed E-state index contributed by atoms with van der Waals surface area (Å²) >= 11 is 1.26. The maximum Gasteiger partial charge on any atom is 0.418 e. The Morgan fingerprint density at radius 2 is 1.75 bits per heavy atom. The number of thioether (sulfide) groups is 1. The highest BCUT2D eigenvalue weighted by Crippen LogP contribution is 2.34. The van der Waals surface area contributed by atoms with Crippen LogP contribution in [0, 0.1) is 5.82 Å². The minimum Gasteiger partial charge on any atom is -0.325 e. The third-order valence-corrected chi connectivity index (χ3v) is 4.49. The summed E-state index contributed by atoms with van der Waals surface area (Å²) in [5.74, 6) is -0.410. The lowest BCUT2D eigenvalue weighted by Crippen LogP contribution is -2.24. The normalized spacial score (nSPS) is 12.7. The largest absolute Gasteiger partial charge is 0.418 e. The fourth-order valence-corrected chi connectivity index (χ4v) is 2.80. The van der Waals surface area contributed by atoms with E-state index in [1.807, 2.05) is 0 Å². The van der Waals surface area contributed by atoms with Crippen molar-refractivity contribution >= 4 is 23.4 Å². The summed E-state index contributed by atoms with van der Waals surface area (Å²) in [4.78, 5) is 12.1. The molecule has 7 heteroatoms. The molecule has 0 spiro atoms. The van der Waals surface area contributed by atoms with Crippen LogP contribution in [0.1, 0.15) is 18.1 Å². The van der Waals surface area contributed by atoms with Gasteiger partial charge in [-0.3, -0.25) is 4.79 Å². The number of halogens is 4.